The lowest BCUT2D eigenvalue weighted by molar-refractivity contribution is 0.209. The van der Waals surface area contributed by atoms with Crippen LogP contribution in [-0.2, 0) is 6.42 Å². The molecule has 0 bridgehead atoms. The minimum atomic E-state index is -0.142. The summed E-state index contributed by atoms with van der Waals surface area (Å²) >= 11 is 0. The van der Waals surface area contributed by atoms with Gasteiger partial charge in [-0.05, 0) is 42.5 Å². The van der Waals surface area contributed by atoms with Crippen molar-refractivity contribution in [3.8, 4) is 0 Å². The van der Waals surface area contributed by atoms with Gasteiger partial charge in [-0.3, -0.25) is 0 Å². The molecule has 15 heavy (non-hydrogen) atoms. The quantitative estimate of drug-likeness (QED) is 0.807. The molecule has 1 atom stereocenters. The van der Waals surface area contributed by atoms with Crippen molar-refractivity contribution in [2.45, 2.75) is 25.7 Å². The summed E-state index contributed by atoms with van der Waals surface area (Å²) in [7, 11) is 0. The maximum absolute atomic E-state index is 13.0. The maximum Gasteiger partial charge on any atom is 0.123 e. The number of benzene rings is 1. The molecule has 2 rings (SSSR count). The van der Waals surface area contributed by atoms with Crippen molar-refractivity contribution in [3.63, 3.8) is 0 Å². The Morgan fingerprint density at radius 2 is 2.20 bits per heavy atom. The lowest BCUT2D eigenvalue weighted by Gasteiger charge is -2.33. The second-order valence-corrected chi connectivity index (χ2v) is 4.52. The molecule has 0 aromatic heterocycles. The molecule has 2 heteroatoms. The second-order valence-electron chi connectivity index (χ2n) is 4.52. The molecule has 1 unspecified atom stereocenters. The highest BCUT2D eigenvalue weighted by atomic mass is 19.1. The van der Waals surface area contributed by atoms with Gasteiger partial charge in [0.1, 0.15) is 5.82 Å². The van der Waals surface area contributed by atoms with E-state index in [0.29, 0.717) is 5.92 Å². The molecule has 1 aromatic rings. The van der Waals surface area contributed by atoms with Crippen LogP contribution in [0.5, 0.6) is 0 Å². The summed E-state index contributed by atoms with van der Waals surface area (Å²) in [6.07, 6.45) is 4.87. The van der Waals surface area contributed by atoms with Gasteiger partial charge >= 0.3 is 0 Å². The molecule has 82 valence electrons. The lowest BCUT2D eigenvalue weighted by atomic mass is 9.73. The zero-order valence-electron chi connectivity index (χ0n) is 8.95. The SMILES string of the molecule is NCC(Cc1cccc(F)c1)C1CCC1. The minimum Gasteiger partial charge on any atom is -0.330 e. The molecule has 0 saturated heterocycles. The summed E-state index contributed by atoms with van der Waals surface area (Å²) in [5, 5.41) is 0. The maximum atomic E-state index is 13.0. The van der Waals surface area contributed by atoms with E-state index in [2.05, 4.69) is 0 Å². The summed E-state index contributed by atoms with van der Waals surface area (Å²) < 4.78 is 13.0. The van der Waals surface area contributed by atoms with Gasteiger partial charge in [-0.25, -0.2) is 4.39 Å². The Balaban J connectivity index is 1.99. The third kappa shape index (κ3) is 2.57. The first-order valence-corrected chi connectivity index (χ1v) is 5.74. The molecule has 0 amide bonds. The lowest BCUT2D eigenvalue weighted by Crippen LogP contribution is -2.30. The molecular weight excluding hydrogens is 189 g/mol. The fraction of sp³-hybridized carbons (Fsp3) is 0.538. The average Bonchev–Trinajstić information content (AvgIpc) is 2.14. The van der Waals surface area contributed by atoms with E-state index in [9.17, 15) is 4.39 Å². The number of halogens is 1. The van der Waals surface area contributed by atoms with Crippen LogP contribution >= 0.6 is 0 Å². The van der Waals surface area contributed by atoms with Crippen molar-refractivity contribution in [2.75, 3.05) is 6.54 Å². The highest BCUT2D eigenvalue weighted by molar-refractivity contribution is 5.17. The molecule has 1 saturated carbocycles. The smallest absolute Gasteiger partial charge is 0.123 e. The van der Waals surface area contributed by atoms with E-state index in [0.717, 1.165) is 24.4 Å². The molecule has 1 aliphatic rings. The van der Waals surface area contributed by atoms with E-state index in [1.807, 2.05) is 6.07 Å². The van der Waals surface area contributed by atoms with E-state index in [4.69, 9.17) is 5.73 Å². The zero-order chi connectivity index (χ0) is 10.7. The van der Waals surface area contributed by atoms with Gasteiger partial charge in [0.2, 0.25) is 0 Å². The topological polar surface area (TPSA) is 26.0 Å². The van der Waals surface area contributed by atoms with Crippen molar-refractivity contribution < 1.29 is 4.39 Å². The molecule has 0 spiro atoms. The number of hydrogen-bond donors (Lipinski definition) is 1. The van der Waals surface area contributed by atoms with Crippen LogP contribution in [0.1, 0.15) is 24.8 Å². The number of nitrogens with two attached hydrogens (primary N) is 1. The molecule has 0 radical (unpaired) electrons. The molecule has 1 aliphatic carbocycles. The van der Waals surface area contributed by atoms with Crippen LogP contribution in [0.2, 0.25) is 0 Å². The fourth-order valence-electron chi connectivity index (χ4n) is 2.32. The predicted octanol–water partition coefficient (Wildman–Crippen LogP) is 2.74. The van der Waals surface area contributed by atoms with E-state index in [1.54, 1.807) is 12.1 Å². The third-order valence-corrected chi connectivity index (χ3v) is 3.51. The van der Waals surface area contributed by atoms with Crippen LogP contribution in [-0.4, -0.2) is 6.54 Å². The summed E-state index contributed by atoms with van der Waals surface area (Å²) in [6.45, 7) is 0.723. The molecule has 0 aliphatic heterocycles. The van der Waals surface area contributed by atoms with Crippen LogP contribution in [0.3, 0.4) is 0 Å². The Kier molecular flexibility index (Phi) is 3.37. The zero-order valence-corrected chi connectivity index (χ0v) is 8.95. The highest BCUT2D eigenvalue weighted by Gasteiger charge is 2.26. The number of hydrogen-bond acceptors (Lipinski definition) is 1. The standard InChI is InChI=1S/C13H18FN/c14-13-6-1-3-10(8-13)7-12(9-15)11-4-2-5-11/h1,3,6,8,11-12H,2,4-5,7,9,15H2. The first-order chi connectivity index (χ1) is 7.29. The van der Waals surface area contributed by atoms with Gasteiger partial charge in [-0.2, -0.15) is 0 Å². The summed E-state index contributed by atoms with van der Waals surface area (Å²) in [5.41, 5.74) is 6.86. The normalized spacial score (nSPS) is 18.5. The van der Waals surface area contributed by atoms with Crippen molar-refractivity contribution in [1.82, 2.24) is 0 Å². The summed E-state index contributed by atoms with van der Waals surface area (Å²) in [5.74, 6) is 1.18. The molecule has 0 heterocycles. The van der Waals surface area contributed by atoms with Crippen molar-refractivity contribution in [1.29, 1.82) is 0 Å². The Labute approximate surface area is 90.5 Å². The van der Waals surface area contributed by atoms with Gasteiger partial charge in [-0.1, -0.05) is 31.4 Å². The molecular formula is C13H18FN. The Morgan fingerprint density at radius 3 is 2.73 bits per heavy atom. The fourth-order valence-corrected chi connectivity index (χ4v) is 2.32. The highest BCUT2D eigenvalue weighted by Crippen LogP contribution is 2.34. The molecule has 2 N–H and O–H groups in total. The van der Waals surface area contributed by atoms with Crippen LogP contribution in [0, 0.1) is 17.7 Å². The molecule has 1 aromatic carbocycles. The van der Waals surface area contributed by atoms with Gasteiger partial charge in [0.25, 0.3) is 0 Å². The van der Waals surface area contributed by atoms with E-state index in [-0.39, 0.29) is 5.82 Å². The summed E-state index contributed by atoms with van der Waals surface area (Å²) in [6, 6.07) is 6.88. The Hall–Kier alpha value is -0.890. The van der Waals surface area contributed by atoms with Crippen LogP contribution in [0.4, 0.5) is 4.39 Å². The largest absolute Gasteiger partial charge is 0.330 e. The first-order valence-electron chi connectivity index (χ1n) is 5.74. The van der Waals surface area contributed by atoms with Crippen LogP contribution in [0.25, 0.3) is 0 Å². The van der Waals surface area contributed by atoms with E-state index in [1.165, 1.54) is 25.3 Å². The minimum absolute atomic E-state index is 0.142. The van der Waals surface area contributed by atoms with Gasteiger partial charge in [-0.15, -0.1) is 0 Å². The van der Waals surface area contributed by atoms with E-state index >= 15 is 0 Å². The average molecular weight is 207 g/mol. The predicted molar refractivity (Wildman–Crippen MR) is 60.0 cm³/mol. The van der Waals surface area contributed by atoms with Crippen LogP contribution in [0.15, 0.2) is 24.3 Å². The Morgan fingerprint density at radius 1 is 1.40 bits per heavy atom. The number of rotatable bonds is 4. The van der Waals surface area contributed by atoms with Crippen LogP contribution < -0.4 is 5.73 Å². The Bertz CT molecular complexity index is 320. The van der Waals surface area contributed by atoms with Gasteiger partial charge in [0.05, 0.1) is 0 Å². The van der Waals surface area contributed by atoms with Gasteiger partial charge in [0.15, 0.2) is 0 Å². The monoisotopic (exact) mass is 207 g/mol. The first kappa shape index (κ1) is 10.6. The van der Waals surface area contributed by atoms with E-state index < -0.39 is 0 Å². The summed E-state index contributed by atoms with van der Waals surface area (Å²) in [4.78, 5) is 0. The van der Waals surface area contributed by atoms with Crippen molar-refractivity contribution in [2.24, 2.45) is 17.6 Å². The third-order valence-electron chi connectivity index (χ3n) is 3.51. The second kappa shape index (κ2) is 4.75. The van der Waals surface area contributed by atoms with Gasteiger partial charge in [0, 0.05) is 0 Å². The molecule has 1 nitrogen and oxygen atoms in total. The van der Waals surface area contributed by atoms with Gasteiger partial charge < -0.3 is 5.73 Å². The van der Waals surface area contributed by atoms with Crippen molar-refractivity contribution >= 4 is 0 Å². The van der Waals surface area contributed by atoms with Crippen molar-refractivity contribution in [3.05, 3.63) is 35.6 Å². The molecule has 1 fully saturated rings.